The van der Waals surface area contributed by atoms with Crippen LogP contribution in [0.1, 0.15) is 26.2 Å². The molecule has 0 saturated carbocycles. The standard InChI is InChI=1S/C15H22N4O2S.ClH/c1-15(2,9-16)10-19(3)13(20)5-4-12-17-14(18-21-12)11-6-7-22-8-11;/h6-8H,4-5,9-10,16H2,1-3H3;1H. The molecule has 0 aliphatic heterocycles. The molecule has 0 saturated heterocycles. The second-order valence-corrected chi connectivity index (χ2v) is 6.92. The predicted octanol–water partition coefficient (Wildman–Crippen LogP) is 2.60. The van der Waals surface area contributed by atoms with Crippen molar-refractivity contribution in [2.45, 2.75) is 26.7 Å². The zero-order valence-electron chi connectivity index (χ0n) is 13.6. The summed E-state index contributed by atoms with van der Waals surface area (Å²) < 4.78 is 5.19. The Balaban J connectivity index is 0.00000264. The van der Waals surface area contributed by atoms with Gasteiger partial charge < -0.3 is 15.2 Å². The third-order valence-electron chi connectivity index (χ3n) is 3.44. The molecule has 0 fully saturated rings. The van der Waals surface area contributed by atoms with Gasteiger partial charge in [0, 0.05) is 37.4 Å². The number of carbonyl (C=O) groups is 1. The van der Waals surface area contributed by atoms with E-state index in [4.69, 9.17) is 10.3 Å². The monoisotopic (exact) mass is 358 g/mol. The maximum absolute atomic E-state index is 12.1. The van der Waals surface area contributed by atoms with Crippen LogP contribution >= 0.6 is 23.7 Å². The Bertz CT molecular complexity index is 613. The third-order valence-corrected chi connectivity index (χ3v) is 4.13. The van der Waals surface area contributed by atoms with Gasteiger partial charge in [0.05, 0.1) is 0 Å². The molecule has 0 spiro atoms. The van der Waals surface area contributed by atoms with E-state index in [1.807, 2.05) is 30.7 Å². The highest BCUT2D eigenvalue weighted by molar-refractivity contribution is 7.08. The molecule has 23 heavy (non-hydrogen) atoms. The highest BCUT2D eigenvalue weighted by atomic mass is 35.5. The second-order valence-electron chi connectivity index (χ2n) is 6.14. The van der Waals surface area contributed by atoms with Gasteiger partial charge in [0.25, 0.3) is 0 Å². The lowest BCUT2D eigenvalue weighted by Crippen LogP contribution is -2.39. The molecule has 8 heteroatoms. The minimum absolute atomic E-state index is 0. The number of halogens is 1. The van der Waals surface area contributed by atoms with E-state index in [0.29, 0.717) is 37.6 Å². The lowest BCUT2D eigenvalue weighted by atomic mass is 9.93. The van der Waals surface area contributed by atoms with Gasteiger partial charge in [0.15, 0.2) is 0 Å². The Hall–Kier alpha value is -1.44. The van der Waals surface area contributed by atoms with Crippen LogP contribution in [0, 0.1) is 5.41 Å². The average Bonchev–Trinajstić information content (AvgIpc) is 3.14. The molecule has 0 aromatic carbocycles. The molecule has 6 nitrogen and oxygen atoms in total. The highest BCUT2D eigenvalue weighted by Gasteiger charge is 2.21. The van der Waals surface area contributed by atoms with E-state index in [1.165, 1.54) is 0 Å². The van der Waals surface area contributed by atoms with Gasteiger partial charge in [-0.25, -0.2) is 0 Å². The van der Waals surface area contributed by atoms with Crippen LogP contribution < -0.4 is 5.73 Å². The van der Waals surface area contributed by atoms with Gasteiger partial charge in [0.2, 0.25) is 17.6 Å². The quantitative estimate of drug-likeness (QED) is 0.822. The number of nitrogens with two attached hydrogens (primary N) is 1. The maximum atomic E-state index is 12.1. The molecule has 2 aromatic rings. The van der Waals surface area contributed by atoms with Crippen molar-refractivity contribution in [3.05, 3.63) is 22.7 Å². The lowest BCUT2D eigenvalue weighted by molar-refractivity contribution is -0.131. The molecule has 2 heterocycles. The molecule has 2 N–H and O–H groups in total. The fourth-order valence-corrected chi connectivity index (χ4v) is 2.70. The first kappa shape index (κ1) is 19.6. The third kappa shape index (κ3) is 5.60. The van der Waals surface area contributed by atoms with Crippen molar-refractivity contribution in [2.75, 3.05) is 20.1 Å². The van der Waals surface area contributed by atoms with Gasteiger partial charge in [-0.1, -0.05) is 19.0 Å². The number of aromatic nitrogens is 2. The summed E-state index contributed by atoms with van der Waals surface area (Å²) in [5.41, 5.74) is 6.55. The molecular weight excluding hydrogens is 336 g/mol. The first-order valence-electron chi connectivity index (χ1n) is 7.20. The molecule has 0 bridgehead atoms. The molecule has 2 rings (SSSR count). The van der Waals surface area contributed by atoms with Crippen LogP contribution in [0.15, 0.2) is 21.3 Å². The van der Waals surface area contributed by atoms with Crippen LogP contribution in [0.5, 0.6) is 0 Å². The topological polar surface area (TPSA) is 85.2 Å². The van der Waals surface area contributed by atoms with E-state index in [2.05, 4.69) is 10.1 Å². The highest BCUT2D eigenvalue weighted by Crippen LogP contribution is 2.19. The summed E-state index contributed by atoms with van der Waals surface area (Å²) in [5, 5.41) is 7.86. The fourth-order valence-electron chi connectivity index (χ4n) is 2.06. The second kappa shape index (κ2) is 8.42. The van der Waals surface area contributed by atoms with E-state index < -0.39 is 0 Å². The summed E-state index contributed by atoms with van der Waals surface area (Å²) in [6.07, 6.45) is 0.797. The Morgan fingerprint density at radius 1 is 1.48 bits per heavy atom. The Kier molecular flexibility index (Phi) is 7.18. The summed E-state index contributed by atoms with van der Waals surface area (Å²) in [5.74, 6) is 1.11. The minimum Gasteiger partial charge on any atom is -0.345 e. The lowest BCUT2D eigenvalue weighted by Gasteiger charge is -2.29. The van der Waals surface area contributed by atoms with Crippen LogP contribution in [0.2, 0.25) is 0 Å². The van der Waals surface area contributed by atoms with Crippen molar-refractivity contribution in [3.8, 4) is 11.4 Å². The van der Waals surface area contributed by atoms with E-state index in [1.54, 1.807) is 23.3 Å². The number of aryl methyl sites for hydroxylation is 1. The SMILES string of the molecule is CN(CC(C)(C)CN)C(=O)CCc1nc(-c2ccsc2)no1.Cl. The average molecular weight is 359 g/mol. The molecule has 2 aromatic heterocycles. The first-order chi connectivity index (χ1) is 10.4. The van der Waals surface area contributed by atoms with Crippen molar-refractivity contribution < 1.29 is 9.32 Å². The zero-order valence-corrected chi connectivity index (χ0v) is 15.2. The van der Waals surface area contributed by atoms with Crippen molar-refractivity contribution in [3.63, 3.8) is 0 Å². The fraction of sp³-hybridized carbons (Fsp3) is 0.533. The number of rotatable bonds is 7. The molecular formula is C15H23ClN4O2S. The van der Waals surface area contributed by atoms with Crippen molar-refractivity contribution in [1.82, 2.24) is 15.0 Å². The normalized spacial score (nSPS) is 11.1. The molecule has 1 amide bonds. The zero-order chi connectivity index (χ0) is 16.2. The van der Waals surface area contributed by atoms with Crippen LogP contribution in [0.25, 0.3) is 11.4 Å². The summed E-state index contributed by atoms with van der Waals surface area (Å²) in [6, 6.07) is 1.94. The van der Waals surface area contributed by atoms with E-state index >= 15 is 0 Å². The van der Waals surface area contributed by atoms with Crippen molar-refractivity contribution >= 4 is 29.7 Å². The van der Waals surface area contributed by atoms with Crippen LogP contribution in [0.4, 0.5) is 0 Å². The van der Waals surface area contributed by atoms with Gasteiger partial charge in [-0.2, -0.15) is 16.3 Å². The van der Waals surface area contributed by atoms with Crippen LogP contribution in [-0.2, 0) is 11.2 Å². The van der Waals surface area contributed by atoms with E-state index in [9.17, 15) is 4.79 Å². The number of carbonyl (C=O) groups excluding carboxylic acids is 1. The molecule has 0 aliphatic carbocycles. The van der Waals surface area contributed by atoms with Gasteiger partial charge in [-0.3, -0.25) is 4.79 Å². The molecule has 0 aliphatic rings. The van der Waals surface area contributed by atoms with Crippen molar-refractivity contribution in [2.24, 2.45) is 11.1 Å². The van der Waals surface area contributed by atoms with Crippen LogP contribution in [0.3, 0.4) is 0 Å². The maximum Gasteiger partial charge on any atom is 0.227 e. The number of thiophene rings is 1. The number of amides is 1. The number of hydrogen-bond acceptors (Lipinski definition) is 6. The summed E-state index contributed by atoms with van der Waals surface area (Å²) in [6.45, 7) is 5.26. The first-order valence-corrected chi connectivity index (χ1v) is 8.15. The van der Waals surface area contributed by atoms with Crippen LogP contribution in [-0.4, -0.2) is 41.1 Å². The molecule has 0 radical (unpaired) electrons. The Morgan fingerprint density at radius 2 is 2.22 bits per heavy atom. The molecule has 0 unspecified atom stereocenters. The summed E-state index contributed by atoms with van der Waals surface area (Å²) in [4.78, 5) is 18.2. The summed E-state index contributed by atoms with van der Waals surface area (Å²) >= 11 is 1.58. The Morgan fingerprint density at radius 3 is 2.83 bits per heavy atom. The Labute approximate surface area is 146 Å². The van der Waals surface area contributed by atoms with Gasteiger partial charge in [0.1, 0.15) is 0 Å². The molecule has 128 valence electrons. The summed E-state index contributed by atoms with van der Waals surface area (Å²) in [7, 11) is 1.80. The predicted molar refractivity (Wildman–Crippen MR) is 93.7 cm³/mol. The smallest absolute Gasteiger partial charge is 0.227 e. The van der Waals surface area contributed by atoms with E-state index in [-0.39, 0.29) is 23.7 Å². The molecule has 0 atom stereocenters. The van der Waals surface area contributed by atoms with Gasteiger partial charge in [-0.05, 0) is 23.4 Å². The minimum atomic E-state index is -0.0823. The largest absolute Gasteiger partial charge is 0.345 e. The number of hydrogen-bond donors (Lipinski definition) is 1. The van der Waals surface area contributed by atoms with Crippen molar-refractivity contribution in [1.29, 1.82) is 0 Å². The van der Waals surface area contributed by atoms with Gasteiger partial charge >= 0.3 is 0 Å². The van der Waals surface area contributed by atoms with E-state index in [0.717, 1.165) is 5.56 Å². The van der Waals surface area contributed by atoms with Gasteiger partial charge in [-0.15, -0.1) is 12.4 Å². The number of nitrogens with zero attached hydrogens (tertiary/aromatic N) is 3.